The first-order valence-corrected chi connectivity index (χ1v) is 6.07. The van der Waals surface area contributed by atoms with E-state index in [9.17, 15) is 13.9 Å². The number of ether oxygens (including phenoxy) is 1. The lowest BCUT2D eigenvalue weighted by Crippen LogP contribution is -2.64. The highest BCUT2D eigenvalue weighted by atomic mass is 19.3. The van der Waals surface area contributed by atoms with Crippen molar-refractivity contribution in [1.29, 1.82) is 0 Å². The summed E-state index contributed by atoms with van der Waals surface area (Å²) in [5.41, 5.74) is -1.36. The lowest BCUT2D eigenvalue weighted by atomic mass is 10.0. The third-order valence-corrected chi connectivity index (χ3v) is 3.43. The molecule has 0 spiro atoms. The third-order valence-electron chi connectivity index (χ3n) is 3.43. The SMILES string of the molecule is C=CCN1c2ccccc2OC1(C)C(F)(F)C(C)O. The standard InChI is InChI=1S/C14H17F2NO2/c1-4-9-17-11-7-5-6-8-12(11)19-13(17,3)14(15,16)10(2)18/h4-8,10,18H,1,9H2,2-3H3. The van der Waals surface area contributed by atoms with Crippen LogP contribution >= 0.6 is 0 Å². The molecule has 2 unspecified atom stereocenters. The van der Waals surface area contributed by atoms with Gasteiger partial charge in [-0.3, -0.25) is 0 Å². The van der Waals surface area contributed by atoms with Gasteiger partial charge >= 0.3 is 5.92 Å². The van der Waals surface area contributed by atoms with E-state index < -0.39 is 17.8 Å². The van der Waals surface area contributed by atoms with Crippen molar-refractivity contribution in [3.8, 4) is 5.75 Å². The second-order valence-electron chi connectivity index (χ2n) is 4.75. The van der Waals surface area contributed by atoms with Crippen molar-refractivity contribution < 1.29 is 18.6 Å². The molecular formula is C14H17F2NO2. The van der Waals surface area contributed by atoms with Gasteiger partial charge in [0.2, 0.25) is 5.72 Å². The number of anilines is 1. The predicted molar refractivity (Wildman–Crippen MR) is 69.6 cm³/mol. The van der Waals surface area contributed by atoms with E-state index in [1.54, 1.807) is 24.3 Å². The summed E-state index contributed by atoms with van der Waals surface area (Å²) in [6.07, 6.45) is -0.291. The summed E-state index contributed by atoms with van der Waals surface area (Å²) in [6.45, 7) is 6.13. The van der Waals surface area contributed by atoms with Crippen LogP contribution in [0.2, 0.25) is 0 Å². The number of para-hydroxylation sites is 2. The Hall–Kier alpha value is -1.62. The van der Waals surface area contributed by atoms with Gasteiger partial charge in [-0.05, 0) is 19.1 Å². The Morgan fingerprint density at radius 1 is 1.53 bits per heavy atom. The van der Waals surface area contributed by atoms with Crippen LogP contribution in [0.5, 0.6) is 5.75 Å². The maximum atomic E-state index is 14.3. The molecule has 0 saturated heterocycles. The average molecular weight is 269 g/mol. The highest BCUT2D eigenvalue weighted by Crippen LogP contribution is 2.49. The van der Waals surface area contributed by atoms with Crippen molar-refractivity contribution in [3.63, 3.8) is 0 Å². The largest absolute Gasteiger partial charge is 0.459 e. The highest BCUT2D eigenvalue weighted by molar-refractivity contribution is 5.64. The molecule has 0 saturated carbocycles. The average Bonchev–Trinajstić information content (AvgIpc) is 2.64. The lowest BCUT2D eigenvalue weighted by Gasteiger charge is -2.41. The fraction of sp³-hybridized carbons (Fsp3) is 0.429. The van der Waals surface area contributed by atoms with E-state index in [2.05, 4.69) is 6.58 Å². The lowest BCUT2D eigenvalue weighted by molar-refractivity contribution is -0.201. The molecule has 2 rings (SSSR count). The molecule has 0 aliphatic carbocycles. The van der Waals surface area contributed by atoms with E-state index in [-0.39, 0.29) is 6.54 Å². The molecule has 0 radical (unpaired) electrons. The number of alkyl halides is 2. The zero-order chi connectivity index (χ0) is 14.3. The van der Waals surface area contributed by atoms with E-state index in [1.165, 1.54) is 17.9 Å². The van der Waals surface area contributed by atoms with Gasteiger partial charge in [0.15, 0.2) is 0 Å². The van der Waals surface area contributed by atoms with E-state index >= 15 is 0 Å². The molecule has 0 bridgehead atoms. The third kappa shape index (κ3) is 1.89. The second kappa shape index (κ2) is 4.49. The van der Waals surface area contributed by atoms with Crippen molar-refractivity contribution in [2.24, 2.45) is 0 Å². The maximum absolute atomic E-state index is 14.3. The fourth-order valence-corrected chi connectivity index (χ4v) is 2.30. The van der Waals surface area contributed by atoms with Gasteiger partial charge in [-0.2, -0.15) is 8.78 Å². The number of benzene rings is 1. The Kier molecular flexibility index (Phi) is 3.26. The topological polar surface area (TPSA) is 32.7 Å². The summed E-state index contributed by atoms with van der Waals surface area (Å²) in [4.78, 5) is 1.42. The first-order chi connectivity index (χ1) is 8.84. The van der Waals surface area contributed by atoms with E-state index in [4.69, 9.17) is 4.74 Å². The number of hydrogen-bond acceptors (Lipinski definition) is 3. The predicted octanol–water partition coefficient (Wildman–Crippen LogP) is 2.80. The minimum absolute atomic E-state index is 0.204. The number of halogens is 2. The van der Waals surface area contributed by atoms with E-state index in [1.807, 2.05) is 0 Å². The molecule has 2 atom stereocenters. The van der Waals surface area contributed by atoms with Crippen LogP contribution in [-0.4, -0.2) is 29.4 Å². The van der Waals surface area contributed by atoms with Gasteiger partial charge in [0, 0.05) is 13.5 Å². The first kappa shape index (κ1) is 13.8. The summed E-state index contributed by atoms with van der Waals surface area (Å²) in [5, 5.41) is 9.39. The van der Waals surface area contributed by atoms with Crippen LogP contribution in [-0.2, 0) is 0 Å². The van der Waals surface area contributed by atoms with Gasteiger partial charge < -0.3 is 14.7 Å². The number of aliphatic hydroxyl groups is 1. The van der Waals surface area contributed by atoms with Gasteiger partial charge in [-0.15, -0.1) is 6.58 Å². The molecule has 5 heteroatoms. The molecule has 0 amide bonds. The molecule has 1 aromatic carbocycles. The molecule has 1 aromatic rings. The van der Waals surface area contributed by atoms with E-state index in [0.717, 1.165) is 6.92 Å². The molecule has 0 fully saturated rings. The van der Waals surface area contributed by atoms with Crippen LogP contribution in [0.1, 0.15) is 13.8 Å². The normalized spacial score (nSPS) is 23.7. The molecule has 1 aliphatic heterocycles. The second-order valence-corrected chi connectivity index (χ2v) is 4.75. The van der Waals surface area contributed by atoms with Crippen molar-refractivity contribution >= 4 is 5.69 Å². The Balaban J connectivity index is 2.51. The van der Waals surface area contributed by atoms with Crippen LogP contribution in [0.4, 0.5) is 14.5 Å². The van der Waals surface area contributed by atoms with Gasteiger partial charge in [0.1, 0.15) is 11.9 Å². The number of nitrogens with zero attached hydrogens (tertiary/aromatic N) is 1. The van der Waals surface area contributed by atoms with Gasteiger partial charge in [-0.1, -0.05) is 18.2 Å². The molecular weight excluding hydrogens is 252 g/mol. The molecule has 1 heterocycles. The molecule has 0 aromatic heterocycles. The quantitative estimate of drug-likeness (QED) is 0.853. The summed E-state index contributed by atoms with van der Waals surface area (Å²) in [5.74, 6) is -3.04. The Bertz CT molecular complexity index is 490. The van der Waals surface area contributed by atoms with Gasteiger partial charge in [-0.25, -0.2) is 0 Å². The van der Waals surface area contributed by atoms with Crippen LogP contribution in [0, 0.1) is 0 Å². The van der Waals surface area contributed by atoms with Crippen molar-refractivity contribution in [2.75, 3.05) is 11.4 Å². The summed E-state index contributed by atoms with van der Waals surface area (Å²) in [6, 6.07) is 6.82. The minimum Gasteiger partial charge on any atom is -0.459 e. The summed E-state index contributed by atoms with van der Waals surface area (Å²) >= 11 is 0. The zero-order valence-electron chi connectivity index (χ0n) is 10.9. The maximum Gasteiger partial charge on any atom is 0.330 e. The zero-order valence-corrected chi connectivity index (χ0v) is 10.9. The number of rotatable bonds is 4. The molecule has 1 aliphatic rings. The first-order valence-electron chi connectivity index (χ1n) is 6.07. The van der Waals surface area contributed by atoms with Crippen LogP contribution in [0.25, 0.3) is 0 Å². The molecule has 104 valence electrons. The number of fused-ring (bicyclic) bond motifs is 1. The summed E-state index contributed by atoms with van der Waals surface area (Å²) < 4.78 is 34.1. The summed E-state index contributed by atoms with van der Waals surface area (Å²) in [7, 11) is 0. The highest BCUT2D eigenvalue weighted by Gasteiger charge is 2.62. The van der Waals surface area contributed by atoms with Crippen molar-refractivity contribution in [1.82, 2.24) is 0 Å². The minimum atomic E-state index is -3.42. The monoisotopic (exact) mass is 269 g/mol. The number of aliphatic hydroxyl groups excluding tert-OH is 1. The Labute approximate surface area is 111 Å². The van der Waals surface area contributed by atoms with Gasteiger partial charge in [0.25, 0.3) is 0 Å². The Morgan fingerprint density at radius 2 is 2.16 bits per heavy atom. The van der Waals surface area contributed by atoms with Crippen molar-refractivity contribution in [2.45, 2.75) is 31.6 Å². The van der Waals surface area contributed by atoms with Gasteiger partial charge in [0.05, 0.1) is 5.69 Å². The molecule has 1 N–H and O–H groups in total. The van der Waals surface area contributed by atoms with E-state index in [0.29, 0.717) is 11.4 Å². The van der Waals surface area contributed by atoms with Crippen LogP contribution in [0.3, 0.4) is 0 Å². The molecule has 3 nitrogen and oxygen atoms in total. The fourth-order valence-electron chi connectivity index (χ4n) is 2.30. The smallest absolute Gasteiger partial charge is 0.330 e. The van der Waals surface area contributed by atoms with Crippen molar-refractivity contribution in [3.05, 3.63) is 36.9 Å². The Morgan fingerprint density at radius 3 is 2.74 bits per heavy atom. The number of hydrogen-bond donors (Lipinski definition) is 1. The van der Waals surface area contributed by atoms with Crippen LogP contribution < -0.4 is 9.64 Å². The van der Waals surface area contributed by atoms with Crippen LogP contribution in [0.15, 0.2) is 36.9 Å². The molecule has 19 heavy (non-hydrogen) atoms.